The number of fused-ring (bicyclic) bond motifs is 1. The zero-order chi connectivity index (χ0) is 30.4. The van der Waals surface area contributed by atoms with E-state index in [4.69, 9.17) is 14.7 Å². The number of rotatable bonds is 13. The third-order valence-electron chi connectivity index (χ3n) is 6.29. The number of methoxy groups -OCH3 is 1. The van der Waals surface area contributed by atoms with Crippen LogP contribution in [-0.2, 0) is 26.1 Å². The summed E-state index contributed by atoms with van der Waals surface area (Å²) >= 11 is 0. The molecule has 0 saturated carbocycles. The van der Waals surface area contributed by atoms with Crippen molar-refractivity contribution in [2.75, 3.05) is 51.2 Å². The molecule has 0 aliphatic heterocycles. The molecule has 0 saturated heterocycles. The summed E-state index contributed by atoms with van der Waals surface area (Å²) in [6.45, 7) is 1.38. The van der Waals surface area contributed by atoms with Crippen molar-refractivity contribution >= 4 is 49.8 Å². The summed E-state index contributed by atoms with van der Waals surface area (Å²) in [6, 6.07) is 11.2. The molecule has 0 unspecified atom stereocenters. The third kappa shape index (κ3) is 7.33. The van der Waals surface area contributed by atoms with Crippen LogP contribution in [0.3, 0.4) is 0 Å². The van der Waals surface area contributed by atoms with Gasteiger partial charge < -0.3 is 34.8 Å². The number of primary amides is 1. The van der Waals surface area contributed by atoms with Gasteiger partial charge in [0, 0.05) is 53.6 Å². The second kappa shape index (κ2) is 12.9. The average Bonchev–Trinajstić information content (AvgIpc) is 3.27. The molecule has 1 amide bonds. The van der Waals surface area contributed by atoms with Crippen LogP contribution in [-0.4, -0.2) is 79.3 Å². The van der Waals surface area contributed by atoms with Gasteiger partial charge in [0.1, 0.15) is 18.3 Å². The second-order valence-corrected chi connectivity index (χ2v) is 11.4. The summed E-state index contributed by atoms with van der Waals surface area (Å²) < 4.78 is 35.9. The van der Waals surface area contributed by atoms with Crippen molar-refractivity contribution in [2.45, 2.75) is 6.42 Å². The van der Waals surface area contributed by atoms with E-state index in [2.05, 4.69) is 25.6 Å². The Bertz CT molecular complexity index is 1730. The van der Waals surface area contributed by atoms with Crippen molar-refractivity contribution in [3.8, 4) is 17.1 Å². The highest BCUT2D eigenvalue weighted by atomic mass is 32.2. The van der Waals surface area contributed by atoms with Gasteiger partial charge in [-0.1, -0.05) is 18.2 Å². The van der Waals surface area contributed by atoms with E-state index in [1.54, 1.807) is 12.1 Å². The maximum Gasteiger partial charge on any atom is 0.305 e. The highest BCUT2D eigenvalue weighted by molar-refractivity contribution is 7.86. The Morgan fingerprint density at radius 3 is 2.62 bits per heavy atom. The molecule has 0 spiro atoms. The van der Waals surface area contributed by atoms with Crippen LogP contribution in [0.4, 0.5) is 17.3 Å². The highest BCUT2D eigenvalue weighted by Gasteiger charge is 2.20. The minimum atomic E-state index is -3.90. The number of para-hydroxylation sites is 1. The average molecular weight is 595 g/mol. The second-order valence-electron chi connectivity index (χ2n) is 9.81. The number of hydrogen-bond acceptors (Lipinski definition) is 11. The molecule has 2 aromatic carbocycles. The van der Waals surface area contributed by atoms with E-state index >= 15 is 0 Å². The first-order chi connectivity index (χ1) is 20.0. The van der Waals surface area contributed by atoms with Gasteiger partial charge in [0.05, 0.1) is 24.6 Å². The minimum Gasteiger partial charge on any atom is -0.494 e. The number of nitrogens with two attached hydrogens (primary N) is 1. The molecule has 0 radical (unpaired) electrons. The van der Waals surface area contributed by atoms with E-state index < -0.39 is 16.0 Å². The lowest BCUT2D eigenvalue weighted by atomic mass is 10.0. The predicted molar refractivity (Wildman–Crippen MR) is 163 cm³/mol. The van der Waals surface area contributed by atoms with Gasteiger partial charge in [-0.05, 0) is 39.2 Å². The van der Waals surface area contributed by atoms with Crippen molar-refractivity contribution in [3.63, 3.8) is 0 Å². The first-order valence-corrected chi connectivity index (χ1v) is 14.8. The van der Waals surface area contributed by atoms with E-state index in [-0.39, 0.29) is 11.5 Å². The normalized spacial score (nSPS) is 12.0. The van der Waals surface area contributed by atoms with Gasteiger partial charge in [-0.3, -0.25) is 4.79 Å². The standard InChI is InChI=1S/C28H34N8O5S/c1-35(2)12-8-11-30-22-14-25(40-4)23(13-19(22)21(26(29)37)16-41-42(5,38)39)33-28-32-17-31-27(34-28)20-15-36(3)24-10-7-6-9-18(20)24/h6-7,9-10,13-17,30H,8,11-12H2,1-5H3,(H2,29,37)(H,31,32,33,34)/b21-16-. The van der Waals surface area contributed by atoms with Gasteiger partial charge in [-0.25, -0.2) is 9.97 Å². The fraction of sp³-hybridized carbons (Fsp3) is 0.286. The highest BCUT2D eigenvalue weighted by Crippen LogP contribution is 2.37. The van der Waals surface area contributed by atoms with E-state index in [9.17, 15) is 13.2 Å². The summed E-state index contributed by atoms with van der Waals surface area (Å²) in [7, 11) is 3.49. The molecule has 222 valence electrons. The number of carbonyl (C=O) groups is 1. The van der Waals surface area contributed by atoms with Gasteiger partial charge >= 0.3 is 10.1 Å². The molecule has 13 nitrogen and oxygen atoms in total. The zero-order valence-electron chi connectivity index (χ0n) is 24.1. The molecule has 0 aliphatic carbocycles. The lowest BCUT2D eigenvalue weighted by Gasteiger charge is -2.19. The molecule has 0 aliphatic rings. The van der Waals surface area contributed by atoms with Gasteiger partial charge in [0.25, 0.3) is 5.91 Å². The van der Waals surface area contributed by atoms with Gasteiger partial charge in [0.2, 0.25) is 5.95 Å². The summed E-state index contributed by atoms with van der Waals surface area (Å²) in [5, 5.41) is 7.41. The maximum atomic E-state index is 12.5. The maximum absolute atomic E-state index is 12.5. The molecule has 2 heterocycles. The van der Waals surface area contributed by atoms with Crippen LogP contribution in [0.1, 0.15) is 12.0 Å². The first-order valence-electron chi connectivity index (χ1n) is 13.0. The number of aryl methyl sites for hydroxylation is 1. The van der Waals surface area contributed by atoms with E-state index in [0.717, 1.165) is 41.9 Å². The Balaban J connectivity index is 1.76. The summed E-state index contributed by atoms with van der Waals surface area (Å²) in [5.41, 5.74) is 8.55. The predicted octanol–water partition coefficient (Wildman–Crippen LogP) is 2.95. The van der Waals surface area contributed by atoms with Crippen molar-refractivity contribution in [1.29, 1.82) is 0 Å². The summed E-state index contributed by atoms with van der Waals surface area (Å²) in [5.74, 6) is 0.209. The van der Waals surface area contributed by atoms with Gasteiger partial charge in [0.15, 0.2) is 5.82 Å². The van der Waals surface area contributed by atoms with Gasteiger partial charge in [-0.15, -0.1) is 0 Å². The van der Waals surface area contributed by atoms with Crippen LogP contribution in [0.5, 0.6) is 5.75 Å². The number of carbonyl (C=O) groups excluding carboxylic acids is 1. The Kier molecular flexibility index (Phi) is 9.28. The number of hydrogen-bond donors (Lipinski definition) is 3. The number of nitrogens with one attached hydrogen (secondary N) is 2. The number of nitrogens with zero attached hydrogens (tertiary/aromatic N) is 5. The van der Waals surface area contributed by atoms with Crippen molar-refractivity contribution in [1.82, 2.24) is 24.4 Å². The SMILES string of the molecule is COc1cc(NCCCN(C)C)c(/C(=C/OS(C)(=O)=O)C(N)=O)cc1Nc1ncnc(-c2cn(C)c3ccccc23)n1. The van der Waals surface area contributed by atoms with E-state index in [1.807, 2.05) is 61.1 Å². The minimum absolute atomic E-state index is 0.159. The molecule has 0 atom stereocenters. The monoisotopic (exact) mass is 594 g/mol. The summed E-state index contributed by atoms with van der Waals surface area (Å²) in [6.07, 6.45) is 5.85. The Labute approximate surface area is 244 Å². The number of amides is 1. The number of anilines is 3. The largest absolute Gasteiger partial charge is 0.494 e. The Morgan fingerprint density at radius 2 is 1.93 bits per heavy atom. The number of benzene rings is 2. The van der Waals surface area contributed by atoms with Crippen molar-refractivity contribution in [3.05, 3.63) is 60.7 Å². The van der Waals surface area contributed by atoms with E-state index in [1.165, 1.54) is 13.4 Å². The molecule has 0 fully saturated rings. The first kappa shape index (κ1) is 30.3. The molecule has 2 aromatic heterocycles. The fourth-order valence-electron chi connectivity index (χ4n) is 4.35. The third-order valence-corrected chi connectivity index (χ3v) is 6.74. The number of aromatic nitrogens is 4. The molecule has 42 heavy (non-hydrogen) atoms. The fourth-order valence-corrected chi connectivity index (χ4v) is 4.62. The lowest BCUT2D eigenvalue weighted by molar-refractivity contribution is -0.112. The molecular weight excluding hydrogens is 560 g/mol. The molecule has 4 N–H and O–H groups in total. The topological polar surface area (TPSA) is 167 Å². The Hall–Kier alpha value is -4.69. The lowest BCUT2D eigenvalue weighted by Crippen LogP contribution is -2.18. The zero-order valence-corrected chi connectivity index (χ0v) is 24.9. The number of ether oxygens (including phenoxy) is 1. The van der Waals surface area contributed by atoms with E-state index in [0.29, 0.717) is 35.1 Å². The molecular formula is C28H34N8O5S. The van der Waals surface area contributed by atoms with Gasteiger partial charge in [-0.2, -0.15) is 13.4 Å². The molecule has 0 bridgehead atoms. The van der Waals surface area contributed by atoms with Crippen LogP contribution in [0.15, 0.2) is 55.2 Å². The molecule has 14 heteroatoms. The molecule has 4 rings (SSSR count). The molecule has 4 aromatic rings. The van der Waals surface area contributed by atoms with Crippen LogP contribution >= 0.6 is 0 Å². The quantitative estimate of drug-likeness (QED) is 0.0901. The van der Waals surface area contributed by atoms with Crippen LogP contribution in [0.2, 0.25) is 0 Å². The smallest absolute Gasteiger partial charge is 0.305 e. The Morgan fingerprint density at radius 1 is 1.17 bits per heavy atom. The summed E-state index contributed by atoms with van der Waals surface area (Å²) in [4.78, 5) is 27.8. The van der Waals surface area contributed by atoms with Crippen LogP contribution < -0.4 is 21.1 Å². The van der Waals surface area contributed by atoms with Crippen molar-refractivity contribution < 1.29 is 22.1 Å². The van der Waals surface area contributed by atoms with Crippen LogP contribution in [0, 0.1) is 0 Å². The van der Waals surface area contributed by atoms with Crippen molar-refractivity contribution in [2.24, 2.45) is 12.8 Å². The van der Waals surface area contributed by atoms with Crippen LogP contribution in [0.25, 0.3) is 27.9 Å².